The van der Waals surface area contributed by atoms with Crippen LogP contribution < -0.4 is 5.32 Å². The molecule has 0 fully saturated rings. The fourth-order valence-corrected chi connectivity index (χ4v) is 3.33. The lowest BCUT2D eigenvalue weighted by molar-refractivity contribution is 0.0519. The maximum Gasteiger partial charge on any atom is 0.358 e. The van der Waals surface area contributed by atoms with Crippen LogP contribution in [-0.2, 0) is 4.74 Å². The Morgan fingerprint density at radius 3 is 2.80 bits per heavy atom. The van der Waals surface area contributed by atoms with E-state index in [1.54, 1.807) is 18.3 Å². The zero-order valence-corrected chi connectivity index (χ0v) is 13.5. The number of anilines is 1. The zero-order chi connectivity index (χ0) is 14.7. The second kappa shape index (κ2) is 6.32. The highest BCUT2D eigenvalue weighted by Crippen LogP contribution is 2.28. The first kappa shape index (κ1) is 14.9. The first-order valence-corrected chi connectivity index (χ1v) is 7.98. The van der Waals surface area contributed by atoms with Crippen LogP contribution in [0.1, 0.15) is 45.1 Å². The van der Waals surface area contributed by atoms with E-state index in [2.05, 4.69) is 15.3 Å². The third kappa shape index (κ3) is 3.34. The number of aromatic nitrogens is 2. The van der Waals surface area contributed by atoms with Crippen molar-refractivity contribution in [1.29, 1.82) is 0 Å². The predicted octanol–water partition coefficient (Wildman–Crippen LogP) is 3.57. The van der Waals surface area contributed by atoms with Crippen LogP contribution in [0.5, 0.6) is 0 Å². The van der Waals surface area contributed by atoms with Gasteiger partial charge in [-0.25, -0.2) is 14.8 Å². The van der Waals surface area contributed by atoms with Crippen molar-refractivity contribution < 1.29 is 9.53 Å². The average molecular weight is 311 g/mol. The molecule has 0 spiro atoms. The number of rotatable bonds is 5. The van der Waals surface area contributed by atoms with Crippen LogP contribution in [0.4, 0.5) is 5.13 Å². The van der Waals surface area contributed by atoms with Crippen molar-refractivity contribution in [2.75, 3.05) is 11.9 Å². The number of hydrogen-bond acceptors (Lipinski definition) is 7. The van der Waals surface area contributed by atoms with E-state index in [9.17, 15) is 4.79 Å². The van der Waals surface area contributed by atoms with Crippen molar-refractivity contribution in [3.8, 4) is 0 Å². The number of nitrogens with zero attached hydrogens (tertiary/aromatic N) is 2. The molecular formula is C13H17N3O2S2. The molecule has 0 aliphatic carbocycles. The van der Waals surface area contributed by atoms with Gasteiger partial charge in [-0.05, 0) is 27.7 Å². The smallest absolute Gasteiger partial charge is 0.358 e. The molecule has 0 saturated carbocycles. The van der Waals surface area contributed by atoms with Crippen molar-refractivity contribution in [3.05, 3.63) is 26.7 Å². The Morgan fingerprint density at radius 1 is 1.45 bits per heavy atom. The highest BCUT2D eigenvalue weighted by Gasteiger charge is 2.18. The van der Waals surface area contributed by atoms with Crippen LogP contribution in [0.2, 0.25) is 0 Å². The highest BCUT2D eigenvalue weighted by molar-refractivity contribution is 7.15. The van der Waals surface area contributed by atoms with E-state index in [0.29, 0.717) is 17.4 Å². The first-order chi connectivity index (χ1) is 9.51. The monoisotopic (exact) mass is 311 g/mol. The van der Waals surface area contributed by atoms with Crippen LogP contribution in [0.15, 0.2) is 6.20 Å². The fourth-order valence-electron chi connectivity index (χ4n) is 1.67. The number of aryl methyl sites for hydroxylation is 2. The van der Waals surface area contributed by atoms with Crippen LogP contribution in [-0.4, -0.2) is 22.5 Å². The van der Waals surface area contributed by atoms with Crippen molar-refractivity contribution >= 4 is 33.8 Å². The molecule has 1 unspecified atom stereocenters. The Hall–Kier alpha value is -1.47. The molecule has 2 aromatic rings. The Morgan fingerprint density at radius 2 is 2.20 bits per heavy atom. The van der Waals surface area contributed by atoms with Gasteiger partial charge < -0.3 is 10.1 Å². The molecule has 0 saturated heterocycles. The number of esters is 1. The lowest BCUT2D eigenvalue weighted by Gasteiger charge is -2.08. The minimum atomic E-state index is -0.368. The summed E-state index contributed by atoms with van der Waals surface area (Å²) in [5, 5.41) is 5.00. The molecule has 0 radical (unpaired) electrons. The normalized spacial score (nSPS) is 12.2. The summed E-state index contributed by atoms with van der Waals surface area (Å²) in [5.41, 5.74) is 0.391. The van der Waals surface area contributed by atoms with Gasteiger partial charge in [0.15, 0.2) is 10.8 Å². The van der Waals surface area contributed by atoms with Crippen LogP contribution in [0.25, 0.3) is 0 Å². The van der Waals surface area contributed by atoms with E-state index >= 15 is 0 Å². The third-order valence-electron chi connectivity index (χ3n) is 2.61. The summed E-state index contributed by atoms with van der Waals surface area (Å²) in [4.78, 5) is 22.4. The van der Waals surface area contributed by atoms with Gasteiger partial charge in [0, 0.05) is 16.0 Å². The zero-order valence-electron chi connectivity index (χ0n) is 11.9. The summed E-state index contributed by atoms with van der Waals surface area (Å²) in [6.07, 6.45) is 1.86. The molecule has 2 aromatic heterocycles. The molecule has 0 bridgehead atoms. The summed E-state index contributed by atoms with van der Waals surface area (Å²) in [6, 6.07) is 0.0642. The molecule has 7 heteroatoms. The van der Waals surface area contributed by atoms with Gasteiger partial charge in [-0.3, -0.25) is 0 Å². The van der Waals surface area contributed by atoms with Gasteiger partial charge in [0.1, 0.15) is 5.01 Å². The second-order valence-corrected chi connectivity index (χ2v) is 6.79. The molecule has 0 amide bonds. The maximum absolute atomic E-state index is 11.7. The molecular weight excluding hydrogens is 294 g/mol. The van der Waals surface area contributed by atoms with Crippen LogP contribution in [0.3, 0.4) is 0 Å². The number of carbonyl (C=O) groups excluding carboxylic acids is 1. The molecule has 5 nitrogen and oxygen atoms in total. The molecule has 2 rings (SSSR count). The van der Waals surface area contributed by atoms with Gasteiger partial charge in [0.05, 0.1) is 12.6 Å². The molecule has 0 aromatic carbocycles. The molecule has 108 valence electrons. The van der Waals surface area contributed by atoms with E-state index in [1.165, 1.54) is 16.2 Å². The van der Waals surface area contributed by atoms with Crippen LogP contribution in [0, 0.1) is 13.8 Å². The minimum absolute atomic E-state index is 0.0642. The number of hydrogen-bond donors (Lipinski definition) is 1. The minimum Gasteiger partial charge on any atom is -0.461 e. The Labute approximate surface area is 126 Å². The van der Waals surface area contributed by atoms with Gasteiger partial charge in [-0.2, -0.15) is 0 Å². The van der Waals surface area contributed by atoms with Gasteiger partial charge in [0.2, 0.25) is 0 Å². The standard InChI is InChI=1S/C13H17N3O2S2/c1-5-18-12(17)10-9(4)20-13(16-10)15-8(3)11-14-6-7(2)19-11/h6,8H,5H2,1-4H3,(H,15,16). The highest BCUT2D eigenvalue weighted by atomic mass is 32.1. The van der Waals surface area contributed by atoms with E-state index in [4.69, 9.17) is 4.74 Å². The predicted molar refractivity (Wildman–Crippen MR) is 81.7 cm³/mol. The second-order valence-electron chi connectivity index (χ2n) is 4.32. The number of ether oxygens (including phenoxy) is 1. The molecule has 0 aliphatic rings. The lowest BCUT2D eigenvalue weighted by atomic mass is 10.4. The van der Waals surface area contributed by atoms with Gasteiger partial charge >= 0.3 is 5.97 Å². The number of nitrogens with one attached hydrogen (secondary N) is 1. The molecule has 1 N–H and O–H groups in total. The van der Waals surface area contributed by atoms with E-state index < -0.39 is 0 Å². The van der Waals surface area contributed by atoms with Gasteiger partial charge in [-0.15, -0.1) is 22.7 Å². The SMILES string of the molecule is CCOC(=O)c1nc(NC(C)c2ncc(C)s2)sc1C. The van der Waals surface area contributed by atoms with E-state index in [-0.39, 0.29) is 12.0 Å². The molecule has 2 heterocycles. The lowest BCUT2D eigenvalue weighted by Crippen LogP contribution is -2.08. The summed E-state index contributed by atoms with van der Waals surface area (Å²) in [6.45, 7) is 8.06. The van der Waals surface area contributed by atoms with Gasteiger partial charge in [0.25, 0.3) is 0 Å². The topological polar surface area (TPSA) is 64.1 Å². The summed E-state index contributed by atoms with van der Waals surface area (Å²) < 4.78 is 4.98. The Balaban J connectivity index is 2.10. The van der Waals surface area contributed by atoms with E-state index in [1.807, 2.05) is 27.0 Å². The van der Waals surface area contributed by atoms with Crippen LogP contribution >= 0.6 is 22.7 Å². The first-order valence-electron chi connectivity index (χ1n) is 6.34. The van der Waals surface area contributed by atoms with Crippen molar-refractivity contribution in [3.63, 3.8) is 0 Å². The third-order valence-corrected chi connectivity index (χ3v) is 4.61. The molecule has 20 heavy (non-hydrogen) atoms. The quantitative estimate of drug-likeness (QED) is 0.855. The summed E-state index contributed by atoms with van der Waals surface area (Å²) in [5.74, 6) is -0.368. The fraction of sp³-hybridized carbons (Fsp3) is 0.462. The Bertz CT molecular complexity index is 607. The van der Waals surface area contributed by atoms with Gasteiger partial charge in [-0.1, -0.05) is 0 Å². The maximum atomic E-state index is 11.7. The largest absolute Gasteiger partial charge is 0.461 e. The Kier molecular flexibility index (Phi) is 4.72. The number of carbonyl (C=O) groups is 1. The molecule has 0 aliphatic heterocycles. The van der Waals surface area contributed by atoms with Crippen molar-refractivity contribution in [2.24, 2.45) is 0 Å². The molecule has 1 atom stereocenters. The average Bonchev–Trinajstić information content (AvgIpc) is 2.96. The summed E-state index contributed by atoms with van der Waals surface area (Å²) in [7, 11) is 0. The summed E-state index contributed by atoms with van der Waals surface area (Å²) >= 11 is 3.10. The number of thiazole rings is 2. The van der Waals surface area contributed by atoms with Crippen molar-refractivity contribution in [1.82, 2.24) is 9.97 Å². The van der Waals surface area contributed by atoms with Crippen molar-refractivity contribution in [2.45, 2.75) is 33.7 Å². The van der Waals surface area contributed by atoms with E-state index in [0.717, 1.165) is 9.88 Å².